The smallest absolute Gasteiger partial charge is 0.219 e. The van der Waals surface area contributed by atoms with Crippen molar-refractivity contribution in [1.29, 1.82) is 0 Å². The van der Waals surface area contributed by atoms with Crippen molar-refractivity contribution in [3.8, 4) is 5.69 Å². The molecule has 0 bridgehead atoms. The Morgan fingerprint density at radius 2 is 1.84 bits per heavy atom. The summed E-state index contributed by atoms with van der Waals surface area (Å²) < 4.78 is 1.94. The van der Waals surface area contributed by atoms with Crippen molar-refractivity contribution in [2.24, 2.45) is 0 Å². The van der Waals surface area contributed by atoms with Crippen LogP contribution in [0.2, 0.25) is 0 Å². The fourth-order valence-corrected chi connectivity index (χ4v) is 4.45. The minimum absolute atomic E-state index is 0.225. The number of likely N-dealkylation sites (tertiary alicyclic amines) is 2. The molecule has 1 amide bonds. The van der Waals surface area contributed by atoms with Crippen molar-refractivity contribution in [3.05, 3.63) is 48.3 Å². The molecule has 132 valence electrons. The minimum Gasteiger partial charge on any atom is -0.338 e. The van der Waals surface area contributed by atoms with Crippen molar-refractivity contribution < 1.29 is 4.79 Å². The molecule has 5 nitrogen and oxygen atoms in total. The van der Waals surface area contributed by atoms with Crippen LogP contribution in [-0.2, 0) is 11.3 Å². The maximum absolute atomic E-state index is 11.9. The second kappa shape index (κ2) is 7.00. The number of para-hydroxylation sites is 1. The highest BCUT2D eigenvalue weighted by Crippen LogP contribution is 2.31. The molecule has 2 aliphatic heterocycles. The SMILES string of the molecule is CC(=O)N1CCC[C@H]1[C@@H]1CCCN1Cc1ccn(-c2ccccc2)n1. The Morgan fingerprint density at radius 1 is 1.08 bits per heavy atom. The van der Waals surface area contributed by atoms with Gasteiger partial charge in [-0.1, -0.05) is 18.2 Å². The third-order valence-corrected chi connectivity index (χ3v) is 5.59. The maximum Gasteiger partial charge on any atom is 0.219 e. The number of nitrogens with zero attached hydrogens (tertiary/aromatic N) is 4. The maximum atomic E-state index is 11.9. The number of carbonyl (C=O) groups is 1. The van der Waals surface area contributed by atoms with Gasteiger partial charge >= 0.3 is 0 Å². The molecule has 0 N–H and O–H groups in total. The Bertz CT molecular complexity index is 726. The minimum atomic E-state index is 0.225. The van der Waals surface area contributed by atoms with Gasteiger partial charge in [0.05, 0.1) is 11.4 Å². The average molecular weight is 338 g/mol. The van der Waals surface area contributed by atoms with E-state index in [1.54, 1.807) is 6.92 Å². The zero-order chi connectivity index (χ0) is 17.2. The second-order valence-corrected chi connectivity index (χ2v) is 7.19. The van der Waals surface area contributed by atoms with Crippen molar-refractivity contribution in [2.75, 3.05) is 13.1 Å². The lowest BCUT2D eigenvalue weighted by molar-refractivity contribution is -0.130. The molecule has 0 saturated carbocycles. The molecule has 0 spiro atoms. The highest BCUT2D eigenvalue weighted by atomic mass is 16.2. The van der Waals surface area contributed by atoms with Crippen molar-refractivity contribution >= 4 is 5.91 Å². The van der Waals surface area contributed by atoms with Crippen LogP contribution < -0.4 is 0 Å². The Hall–Kier alpha value is -2.14. The normalized spacial score (nSPS) is 24.1. The number of carbonyl (C=O) groups excluding carboxylic acids is 1. The Kier molecular flexibility index (Phi) is 4.57. The van der Waals surface area contributed by atoms with E-state index in [4.69, 9.17) is 5.10 Å². The molecule has 2 fully saturated rings. The number of hydrogen-bond donors (Lipinski definition) is 0. The fourth-order valence-electron chi connectivity index (χ4n) is 4.45. The van der Waals surface area contributed by atoms with Crippen LogP contribution in [0.25, 0.3) is 5.69 Å². The highest BCUT2D eigenvalue weighted by molar-refractivity contribution is 5.74. The van der Waals surface area contributed by atoms with E-state index >= 15 is 0 Å². The zero-order valence-electron chi connectivity index (χ0n) is 14.8. The van der Waals surface area contributed by atoms with Gasteiger partial charge in [-0.05, 0) is 50.4 Å². The van der Waals surface area contributed by atoms with Crippen LogP contribution in [0.4, 0.5) is 0 Å². The first kappa shape index (κ1) is 16.3. The predicted octanol–water partition coefficient (Wildman–Crippen LogP) is 2.85. The molecule has 25 heavy (non-hydrogen) atoms. The predicted molar refractivity (Wildman–Crippen MR) is 97.4 cm³/mol. The molecule has 2 atom stereocenters. The van der Waals surface area contributed by atoms with Crippen LogP contribution in [0.3, 0.4) is 0 Å². The summed E-state index contributed by atoms with van der Waals surface area (Å²) in [6.07, 6.45) is 6.71. The number of hydrogen-bond acceptors (Lipinski definition) is 3. The van der Waals surface area contributed by atoms with E-state index in [0.717, 1.165) is 43.9 Å². The van der Waals surface area contributed by atoms with E-state index in [1.807, 2.05) is 29.1 Å². The van der Waals surface area contributed by atoms with Crippen LogP contribution in [0.15, 0.2) is 42.6 Å². The summed E-state index contributed by atoms with van der Waals surface area (Å²) in [4.78, 5) is 16.6. The van der Waals surface area contributed by atoms with E-state index in [0.29, 0.717) is 12.1 Å². The van der Waals surface area contributed by atoms with Gasteiger partial charge in [-0.3, -0.25) is 9.69 Å². The summed E-state index contributed by atoms with van der Waals surface area (Å²) in [7, 11) is 0. The van der Waals surface area contributed by atoms with E-state index in [1.165, 1.54) is 12.8 Å². The summed E-state index contributed by atoms with van der Waals surface area (Å²) in [6.45, 7) is 4.60. The Labute approximate surface area is 149 Å². The van der Waals surface area contributed by atoms with E-state index in [9.17, 15) is 4.79 Å². The Morgan fingerprint density at radius 3 is 2.64 bits per heavy atom. The number of aromatic nitrogens is 2. The lowest BCUT2D eigenvalue weighted by Crippen LogP contribution is -2.47. The molecule has 3 heterocycles. The first-order valence-electron chi connectivity index (χ1n) is 9.33. The molecular weight excluding hydrogens is 312 g/mol. The molecule has 5 heteroatoms. The molecule has 2 aromatic rings. The Balaban J connectivity index is 1.47. The third kappa shape index (κ3) is 3.33. The van der Waals surface area contributed by atoms with Crippen LogP contribution in [0.1, 0.15) is 38.3 Å². The van der Waals surface area contributed by atoms with Crippen LogP contribution in [-0.4, -0.2) is 50.7 Å². The van der Waals surface area contributed by atoms with Gasteiger partial charge in [0.25, 0.3) is 0 Å². The molecule has 1 aromatic heterocycles. The summed E-state index contributed by atoms with van der Waals surface area (Å²) in [5.74, 6) is 0.225. The summed E-state index contributed by atoms with van der Waals surface area (Å²) in [5.41, 5.74) is 2.19. The number of benzene rings is 1. The summed E-state index contributed by atoms with van der Waals surface area (Å²) >= 11 is 0. The van der Waals surface area contributed by atoms with E-state index in [2.05, 4.69) is 28.0 Å². The monoisotopic (exact) mass is 338 g/mol. The van der Waals surface area contributed by atoms with Crippen LogP contribution in [0, 0.1) is 0 Å². The molecule has 4 rings (SSSR count). The molecular formula is C20H26N4O. The highest BCUT2D eigenvalue weighted by Gasteiger charge is 2.38. The van der Waals surface area contributed by atoms with Gasteiger partial charge in [0.2, 0.25) is 5.91 Å². The van der Waals surface area contributed by atoms with Gasteiger partial charge in [0, 0.05) is 38.3 Å². The first-order valence-corrected chi connectivity index (χ1v) is 9.33. The average Bonchev–Trinajstić information content (AvgIpc) is 3.36. The summed E-state index contributed by atoms with van der Waals surface area (Å²) in [5, 5.41) is 4.75. The van der Waals surface area contributed by atoms with Gasteiger partial charge in [0.1, 0.15) is 0 Å². The first-order chi connectivity index (χ1) is 12.2. The molecule has 2 saturated heterocycles. The van der Waals surface area contributed by atoms with Crippen LogP contribution in [0.5, 0.6) is 0 Å². The standard InChI is InChI=1S/C20H26N4O/c1-16(25)23-13-6-10-20(23)19-9-5-12-22(19)15-17-11-14-24(21-17)18-7-3-2-4-8-18/h2-4,7-8,11,14,19-20H,5-6,9-10,12-13,15H2,1H3/t19-,20-/m0/s1. The number of rotatable bonds is 4. The molecule has 0 aliphatic carbocycles. The fraction of sp³-hybridized carbons (Fsp3) is 0.500. The van der Waals surface area contributed by atoms with E-state index < -0.39 is 0 Å². The van der Waals surface area contributed by atoms with Crippen LogP contribution >= 0.6 is 0 Å². The van der Waals surface area contributed by atoms with Crippen molar-refractivity contribution in [1.82, 2.24) is 19.6 Å². The summed E-state index contributed by atoms with van der Waals surface area (Å²) in [6, 6.07) is 13.2. The van der Waals surface area contributed by atoms with Gasteiger partial charge in [-0.25, -0.2) is 4.68 Å². The van der Waals surface area contributed by atoms with Gasteiger partial charge < -0.3 is 4.90 Å². The molecule has 1 aromatic carbocycles. The lowest BCUT2D eigenvalue weighted by atomic mass is 10.0. The second-order valence-electron chi connectivity index (χ2n) is 7.19. The van der Waals surface area contributed by atoms with Gasteiger partial charge in [-0.15, -0.1) is 0 Å². The van der Waals surface area contributed by atoms with Gasteiger partial charge in [0.15, 0.2) is 0 Å². The molecule has 0 radical (unpaired) electrons. The van der Waals surface area contributed by atoms with Crippen molar-refractivity contribution in [2.45, 2.75) is 51.2 Å². The van der Waals surface area contributed by atoms with Crippen molar-refractivity contribution in [3.63, 3.8) is 0 Å². The third-order valence-electron chi connectivity index (χ3n) is 5.59. The quantitative estimate of drug-likeness (QED) is 0.861. The lowest BCUT2D eigenvalue weighted by Gasteiger charge is -2.34. The molecule has 0 unspecified atom stereocenters. The topological polar surface area (TPSA) is 41.4 Å². The van der Waals surface area contributed by atoms with Gasteiger partial charge in [-0.2, -0.15) is 5.10 Å². The number of amides is 1. The van der Waals surface area contributed by atoms with E-state index in [-0.39, 0.29) is 5.91 Å². The molecule has 2 aliphatic rings. The largest absolute Gasteiger partial charge is 0.338 e. The zero-order valence-corrected chi connectivity index (χ0v) is 14.8.